The molecule has 15 heteroatoms. The van der Waals surface area contributed by atoms with Gasteiger partial charge in [0.15, 0.2) is 5.13 Å². The number of carbonyl (C=O) groups excluding carboxylic acids is 2. The van der Waals surface area contributed by atoms with Gasteiger partial charge in [-0.05, 0) is 50.2 Å². The lowest BCUT2D eigenvalue weighted by atomic mass is 10.0. The summed E-state index contributed by atoms with van der Waals surface area (Å²) in [7, 11) is -5.12. The first-order valence-corrected chi connectivity index (χ1v) is 12.8. The van der Waals surface area contributed by atoms with Gasteiger partial charge in [-0.1, -0.05) is 11.3 Å². The molecule has 1 saturated heterocycles. The van der Waals surface area contributed by atoms with Crippen LogP contribution in [0.1, 0.15) is 31.9 Å². The zero-order valence-electron chi connectivity index (χ0n) is 19.4. The number of carbonyl (C=O) groups is 2. The Hall–Kier alpha value is -3.74. The van der Waals surface area contributed by atoms with E-state index in [9.17, 15) is 35.7 Å². The van der Waals surface area contributed by atoms with Crippen LogP contribution in [0.5, 0.6) is 0 Å². The van der Waals surface area contributed by atoms with Crippen LogP contribution in [0.2, 0.25) is 0 Å². The lowest BCUT2D eigenvalue weighted by Gasteiger charge is -2.34. The molecule has 2 heterocycles. The molecule has 2 aromatic carbocycles. The van der Waals surface area contributed by atoms with Crippen LogP contribution in [-0.4, -0.2) is 40.8 Å². The van der Waals surface area contributed by atoms with Crippen molar-refractivity contribution in [3.63, 3.8) is 0 Å². The van der Waals surface area contributed by atoms with E-state index in [-0.39, 0.29) is 16.7 Å². The zero-order valence-corrected chi connectivity index (χ0v) is 21.0. The van der Waals surface area contributed by atoms with Crippen LogP contribution in [0, 0.1) is 11.3 Å². The number of thiazole rings is 1. The van der Waals surface area contributed by atoms with E-state index in [1.165, 1.54) is 39.0 Å². The van der Waals surface area contributed by atoms with Crippen LogP contribution >= 0.6 is 11.3 Å². The number of hydrogen-bond donors (Lipinski definition) is 2. The normalized spacial score (nSPS) is 17.8. The fourth-order valence-corrected chi connectivity index (χ4v) is 6.16. The maximum Gasteiger partial charge on any atom is 0.417 e. The molecule has 4 rings (SSSR count). The number of hydrogen-bond acceptors (Lipinski definition) is 8. The van der Waals surface area contributed by atoms with Gasteiger partial charge >= 0.3 is 16.3 Å². The number of nitriles is 1. The van der Waals surface area contributed by atoms with Crippen LogP contribution in [0.15, 0.2) is 36.4 Å². The van der Waals surface area contributed by atoms with Gasteiger partial charge in [-0.25, -0.2) is 4.98 Å². The highest BCUT2D eigenvalue weighted by Crippen LogP contribution is 2.43. The number of amides is 2. The largest absolute Gasteiger partial charge is 0.417 e. The maximum atomic E-state index is 13.6. The van der Waals surface area contributed by atoms with Gasteiger partial charge < -0.3 is 10.2 Å². The maximum absolute atomic E-state index is 13.6. The summed E-state index contributed by atoms with van der Waals surface area (Å²) in [6, 6.07) is 8.23. The molecule has 37 heavy (non-hydrogen) atoms. The summed E-state index contributed by atoms with van der Waals surface area (Å²) in [6.07, 6.45) is -4.96. The first-order valence-electron chi connectivity index (χ1n) is 10.4. The molecule has 0 aliphatic carbocycles. The van der Waals surface area contributed by atoms with Gasteiger partial charge in [0, 0.05) is 18.3 Å². The number of nitrogens with zero attached hydrogens (tertiary/aromatic N) is 4. The average Bonchev–Trinajstić information content (AvgIpc) is 3.26. The summed E-state index contributed by atoms with van der Waals surface area (Å²) in [5, 5.41) is 11.9. The Bertz CT molecular complexity index is 1590. The fourth-order valence-electron chi connectivity index (χ4n) is 4.13. The molecule has 194 valence electrons. The molecule has 1 aliphatic rings. The van der Waals surface area contributed by atoms with Crippen molar-refractivity contribution in [3.8, 4) is 6.07 Å². The van der Waals surface area contributed by atoms with Gasteiger partial charge in [0.25, 0.3) is 5.91 Å². The van der Waals surface area contributed by atoms with Crippen molar-refractivity contribution in [1.29, 1.82) is 5.26 Å². The third-order valence-corrected chi connectivity index (χ3v) is 7.60. The van der Waals surface area contributed by atoms with E-state index in [2.05, 4.69) is 10.3 Å². The third kappa shape index (κ3) is 4.59. The van der Waals surface area contributed by atoms with Crippen LogP contribution in [0.25, 0.3) is 10.2 Å². The molecule has 10 nitrogen and oxygen atoms in total. The smallest absolute Gasteiger partial charge is 0.322 e. The summed E-state index contributed by atoms with van der Waals surface area (Å²) in [6.45, 7) is 4.01. The summed E-state index contributed by atoms with van der Waals surface area (Å²) in [5.41, 5.74) is -5.87. The number of anilines is 3. The molecule has 3 aromatic rings. The number of aromatic nitrogens is 1. The zero-order chi connectivity index (χ0) is 27.5. The van der Waals surface area contributed by atoms with E-state index in [1.807, 2.05) is 0 Å². The molecule has 0 bridgehead atoms. The van der Waals surface area contributed by atoms with Crippen molar-refractivity contribution in [3.05, 3.63) is 47.5 Å². The highest BCUT2D eigenvalue weighted by molar-refractivity contribution is 7.86. The predicted molar refractivity (Wildman–Crippen MR) is 129 cm³/mol. The Morgan fingerprint density at radius 1 is 1.22 bits per heavy atom. The number of alkyl halides is 3. The van der Waals surface area contributed by atoms with Crippen LogP contribution < -0.4 is 15.1 Å². The van der Waals surface area contributed by atoms with Crippen molar-refractivity contribution in [1.82, 2.24) is 4.98 Å². The van der Waals surface area contributed by atoms with E-state index in [0.717, 1.165) is 28.4 Å². The second-order valence-electron chi connectivity index (χ2n) is 8.64. The first kappa shape index (κ1) is 26.3. The van der Waals surface area contributed by atoms with Crippen molar-refractivity contribution < 1.29 is 35.7 Å². The lowest BCUT2D eigenvalue weighted by molar-refractivity contribution is -0.137. The highest BCUT2D eigenvalue weighted by Gasteiger charge is 2.57. The second-order valence-corrected chi connectivity index (χ2v) is 11.1. The fraction of sp³-hybridized carbons (Fsp3) is 0.273. The molecule has 2 N–H and O–H groups in total. The molecule has 0 radical (unpaired) electrons. The monoisotopic (exact) mass is 553 g/mol. The lowest BCUT2D eigenvalue weighted by Crippen LogP contribution is -2.49. The van der Waals surface area contributed by atoms with Gasteiger partial charge in [0.1, 0.15) is 5.54 Å². The van der Waals surface area contributed by atoms with Gasteiger partial charge in [-0.15, -0.1) is 0 Å². The summed E-state index contributed by atoms with van der Waals surface area (Å²) in [5.74, 6) is -1.27. The quantitative estimate of drug-likeness (QED) is 0.463. The van der Waals surface area contributed by atoms with E-state index in [4.69, 9.17) is 5.26 Å². The third-order valence-electron chi connectivity index (χ3n) is 5.69. The van der Waals surface area contributed by atoms with Crippen molar-refractivity contribution in [2.45, 2.75) is 38.0 Å². The Labute approximate surface area is 212 Å². The van der Waals surface area contributed by atoms with Crippen molar-refractivity contribution in [2.24, 2.45) is 0 Å². The van der Waals surface area contributed by atoms with E-state index in [0.29, 0.717) is 21.2 Å². The Balaban J connectivity index is 1.90. The van der Waals surface area contributed by atoms with E-state index >= 15 is 0 Å². The Morgan fingerprint density at radius 2 is 1.86 bits per heavy atom. The van der Waals surface area contributed by atoms with Crippen LogP contribution in [-0.2, 0) is 25.9 Å². The number of rotatable bonds is 4. The molecular weight excluding hydrogens is 535 g/mol. The van der Waals surface area contributed by atoms with Gasteiger partial charge in [-0.3, -0.25) is 19.0 Å². The van der Waals surface area contributed by atoms with Gasteiger partial charge in [-0.2, -0.15) is 26.9 Å². The SMILES string of the molecule is CC(=O)Nc1nc2cc(N3C(S(=O)(=O)O)N(c4ccc(C#N)c(C(F)(F)F)c4)C(=O)C3(C)C)ccc2s1. The van der Waals surface area contributed by atoms with Crippen molar-refractivity contribution >= 4 is 60.0 Å². The summed E-state index contributed by atoms with van der Waals surface area (Å²) in [4.78, 5) is 30.7. The summed E-state index contributed by atoms with van der Waals surface area (Å²) >= 11 is 1.15. The average molecular weight is 554 g/mol. The topological polar surface area (TPSA) is 144 Å². The Morgan fingerprint density at radius 3 is 2.43 bits per heavy atom. The molecule has 1 aliphatic heterocycles. The van der Waals surface area contributed by atoms with Gasteiger partial charge in [0.2, 0.25) is 11.4 Å². The van der Waals surface area contributed by atoms with E-state index in [1.54, 1.807) is 6.07 Å². The molecule has 1 fully saturated rings. The van der Waals surface area contributed by atoms with Gasteiger partial charge in [0.05, 0.1) is 27.4 Å². The molecule has 0 saturated carbocycles. The number of halogens is 3. The molecule has 1 aromatic heterocycles. The van der Waals surface area contributed by atoms with E-state index < -0.39 is 50.1 Å². The van der Waals surface area contributed by atoms with Crippen LogP contribution in [0.4, 0.5) is 29.7 Å². The molecule has 0 spiro atoms. The molecular formula is C22H18F3N5O5S2. The summed E-state index contributed by atoms with van der Waals surface area (Å²) < 4.78 is 76.8. The predicted octanol–water partition coefficient (Wildman–Crippen LogP) is 3.95. The minimum Gasteiger partial charge on any atom is -0.322 e. The second kappa shape index (κ2) is 8.68. The van der Waals surface area contributed by atoms with Crippen molar-refractivity contribution in [2.75, 3.05) is 15.1 Å². The molecule has 1 atom stereocenters. The standard InChI is InChI=1S/C22H18F3N5O5S2/c1-11(31)27-19-28-16-9-14(6-7-17(16)36-19)30-20(37(33,34)35)29(18(32)21(30,2)3)13-5-4-12(10-26)15(8-13)22(23,24)25/h4-9,20H,1-3H3,(H,27,28,31)(H,33,34,35). The molecule has 1 unspecified atom stereocenters. The first-order chi connectivity index (χ1) is 17.1. The number of fused-ring (bicyclic) bond motifs is 1. The number of benzene rings is 2. The Kier molecular flexibility index (Phi) is 6.18. The molecule has 2 amide bonds. The van der Waals surface area contributed by atoms with Crippen LogP contribution in [0.3, 0.4) is 0 Å². The highest BCUT2D eigenvalue weighted by atomic mass is 32.2. The number of nitrogens with one attached hydrogen (secondary N) is 1. The minimum absolute atomic E-state index is 0.125. The minimum atomic E-state index is -5.12.